The maximum absolute atomic E-state index is 14.7. The Balaban J connectivity index is 1.69. The van der Waals surface area contributed by atoms with Crippen LogP contribution in [0.5, 0.6) is 5.75 Å². The standard InChI is InChI=1S/C27H29F3O/c1-2-3-4-5-6-7-10-19-31-21-15-13-20(14-16-21)26-23(17-18-25(29)27(26)30)22-11-8-9-12-24(22)28/h8-9,11-18H,2-7,10,19H2,1H3. The highest BCUT2D eigenvalue weighted by Gasteiger charge is 2.18. The van der Waals surface area contributed by atoms with Gasteiger partial charge in [-0.1, -0.05) is 81.8 Å². The van der Waals surface area contributed by atoms with Crippen LogP contribution < -0.4 is 4.74 Å². The molecular formula is C27H29F3O. The number of unbranched alkanes of at least 4 members (excludes halogenated alkanes) is 6. The Morgan fingerprint density at radius 3 is 2.03 bits per heavy atom. The molecule has 0 N–H and O–H groups in total. The van der Waals surface area contributed by atoms with Gasteiger partial charge < -0.3 is 4.74 Å². The Hall–Kier alpha value is -2.75. The molecule has 3 aromatic carbocycles. The zero-order valence-corrected chi connectivity index (χ0v) is 18.0. The van der Waals surface area contributed by atoms with Crippen LogP contribution in [0.1, 0.15) is 51.9 Å². The molecule has 0 amide bonds. The minimum absolute atomic E-state index is 0.0451. The van der Waals surface area contributed by atoms with E-state index in [1.54, 1.807) is 42.5 Å². The van der Waals surface area contributed by atoms with E-state index in [2.05, 4.69) is 6.92 Å². The molecule has 0 bridgehead atoms. The Labute approximate surface area is 182 Å². The van der Waals surface area contributed by atoms with Gasteiger partial charge in [-0.05, 0) is 41.8 Å². The summed E-state index contributed by atoms with van der Waals surface area (Å²) < 4.78 is 48.8. The minimum Gasteiger partial charge on any atom is -0.494 e. The van der Waals surface area contributed by atoms with Crippen molar-refractivity contribution in [3.8, 4) is 28.0 Å². The molecule has 1 nitrogen and oxygen atoms in total. The fourth-order valence-electron chi connectivity index (χ4n) is 3.70. The second-order valence-electron chi connectivity index (χ2n) is 7.76. The molecule has 0 heterocycles. The maximum atomic E-state index is 14.7. The smallest absolute Gasteiger partial charge is 0.167 e. The van der Waals surface area contributed by atoms with Gasteiger partial charge in [0, 0.05) is 11.1 Å². The lowest BCUT2D eigenvalue weighted by atomic mass is 9.93. The van der Waals surface area contributed by atoms with Crippen LogP contribution in [0.4, 0.5) is 13.2 Å². The van der Waals surface area contributed by atoms with Crippen LogP contribution in [0.2, 0.25) is 0 Å². The third-order valence-corrected chi connectivity index (χ3v) is 5.42. The van der Waals surface area contributed by atoms with Crippen molar-refractivity contribution < 1.29 is 17.9 Å². The van der Waals surface area contributed by atoms with Crippen molar-refractivity contribution in [1.82, 2.24) is 0 Å². The van der Waals surface area contributed by atoms with Gasteiger partial charge in [-0.3, -0.25) is 0 Å². The third kappa shape index (κ3) is 6.13. The number of ether oxygens (including phenoxy) is 1. The molecule has 0 saturated heterocycles. The van der Waals surface area contributed by atoms with Gasteiger partial charge in [-0.2, -0.15) is 0 Å². The summed E-state index contributed by atoms with van der Waals surface area (Å²) in [6.45, 7) is 2.84. The SMILES string of the molecule is CCCCCCCCCOc1ccc(-c2c(-c3ccccc3F)ccc(F)c2F)cc1. The molecule has 3 aromatic rings. The molecule has 164 valence electrons. The van der Waals surface area contributed by atoms with Gasteiger partial charge in [0.1, 0.15) is 11.6 Å². The molecule has 31 heavy (non-hydrogen) atoms. The van der Waals surface area contributed by atoms with Crippen LogP contribution in [0, 0.1) is 17.5 Å². The van der Waals surface area contributed by atoms with Gasteiger partial charge in [0.25, 0.3) is 0 Å². The average Bonchev–Trinajstić information content (AvgIpc) is 2.78. The van der Waals surface area contributed by atoms with Crippen LogP contribution in [0.3, 0.4) is 0 Å². The highest BCUT2D eigenvalue weighted by Crippen LogP contribution is 2.37. The molecule has 0 spiro atoms. The predicted octanol–water partition coefficient (Wildman–Crippen LogP) is 8.57. The van der Waals surface area contributed by atoms with E-state index in [0.29, 0.717) is 23.5 Å². The minimum atomic E-state index is -0.988. The predicted molar refractivity (Wildman–Crippen MR) is 121 cm³/mol. The van der Waals surface area contributed by atoms with Crippen molar-refractivity contribution in [2.24, 2.45) is 0 Å². The fraction of sp³-hybridized carbons (Fsp3) is 0.333. The Morgan fingerprint density at radius 2 is 1.32 bits per heavy atom. The first-order chi connectivity index (χ1) is 15.1. The maximum Gasteiger partial charge on any atom is 0.167 e. The van der Waals surface area contributed by atoms with E-state index < -0.39 is 17.5 Å². The number of hydrogen-bond acceptors (Lipinski definition) is 1. The van der Waals surface area contributed by atoms with E-state index >= 15 is 0 Å². The molecule has 0 fully saturated rings. The Bertz CT molecular complexity index is 967. The lowest BCUT2D eigenvalue weighted by Crippen LogP contribution is -1.98. The van der Waals surface area contributed by atoms with E-state index in [4.69, 9.17) is 4.74 Å². The summed E-state index contributed by atoms with van der Waals surface area (Å²) in [5.74, 6) is -1.75. The molecule has 3 rings (SSSR count). The van der Waals surface area contributed by atoms with Gasteiger partial charge in [0.15, 0.2) is 11.6 Å². The van der Waals surface area contributed by atoms with Gasteiger partial charge in [0.2, 0.25) is 0 Å². The van der Waals surface area contributed by atoms with Gasteiger partial charge >= 0.3 is 0 Å². The topological polar surface area (TPSA) is 9.23 Å². The van der Waals surface area contributed by atoms with E-state index in [1.807, 2.05) is 0 Å². The summed E-state index contributed by atoms with van der Waals surface area (Å²) in [5.41, 5.74) is 1.06. The third-order valence-electron chi connectivity index (χ3n) is 5.42. The highest BCUT2D eigenvalue weighted by molar-refractivity contribution is 5.84. The van der Waals surface area contributed by atoms with E-state index in [-0.39, 0.29) is 11.1 Å². The van der Waals surface area contributed by atoms with E-state index in [1.165, 1.54) is 44.2 Å². The fourth-order valence-corrected chi connectivity index (χ4v) is 3.70. The molecule has 0 aliphatic carbocycles. The lowest BCUT2D eigenvalue weighted by molar-refractivity contribution is 0.304. The van der Waals surface area contributed by atoms with Crippen molar-refractivity contribution in [1.29, 1.82) is 0 Å². The van der Waals surface area contributed by atoms with Crippen LogP contribution in [0.15, 0.2) is 60.7 Å². The molecule has 0 atom stereocenters. The van der Waals surface area contributed by atoms with Crippen molar-refractivity contribution in [2.45, 2.75) is 51.9 Å². The monoisotopic (exact) mass is 426 g/mol. The normalized spacial score (nSPS) is 11.0. The Kier molecular flexibility index (Phi) is 8.57. The average molecular weight is 427 g/mol. The molecule has 4 heteroatoms. The first-order valence-corrected chi connectivity index (χ1v) is 11.1. The summed E-state index contributed by atoms with van der Waals surface area (Å²) in [7, 11) is 0. The van der Waals surface area contributed by atoms with Gasteiger partial charge in [-0.15, -0.1) is 0 Å². The zero-order chi connectivity index (χ0) is 22.1. The highest BCUT2D eigenvalue weighted by atomic mass is 19.2. The van der Waals surface area contributed by atoms with Crippen LogP contribution in [0.25, 0.3) is 22.3 Å². The molecular weight excluding hydrogens is 397 g/mol. The van der Waals surface area contributed by atoms with Gasteiger partial charge in [-0.25, -0.2) is 13.2 Å². The van der Waals surface area contributed by atoms with Crippen molar-refractivity contribution >= 4 is 0 Å². The van der Waals surface area contributed by atoms with E-state index in [0.717, 1.165) is 18.9 Å². The first-order valence-electron chi connectivity index (χ1n) is 11.1. The first kappa shape index (κ1) is 22.9. The molecule has 0 aliphatic heterocycles. The molecule has 0 aliphatic rings. The second-order valence-corrected chi connectivity index (χ2v) is 7.76. The number of benzene rings is 3. The van der Waals surface area contributed by atoms with Gasteiger partial charge in [0.05, 0.1) is 6.61 Å². The summed E-state index contributed by atoms with van der Waals surface area (Å²) >= 11 is 0. The molecule has 0 saturated carbocycles. The quantitative estimate of drug-likeness (QED) is 0.279. The summed E-state index contributed by atoms with van der Waals surface area (Å²) in [6.07, 6.45) is 8.47. The van der Waals surface area contributed by atoms with Crippen LogP contribution >= 0.6 is 0 Å². The number of rotatable bonds is 11. The summed E-state index contributed by atoms with van der Waals surface area (Å²) in [5, 5.41) is 0. The largest absolute Gasteiger partial charge is 0.494 e. The van der Waals surface area contributed by atoms with Crippen molar-refractivity contribution in [3.05, 3.63) is 78.1 Å². The van der Waals surface area contributed by atoms with Crippen molar-refractivity contribution in [3.63, 3.8) is 0 Å². The second kappa shape index (κ2) is 11.6. The number of halogens is 3. The summed E-state index contributed by atoms with van der Waals surface area (Å²) in [4.78, 5) is 0. The molecule has 0 radical (unpaired) electrons. The van der Waals surface area contributed by atoms with E-state index in [9.17, 15) is 13.2 Å². The van der Waals surface area contributed by atoms with Crippen LogP contribution in [-0.4, -0.2) is 6.61 Å². The zero-order valence-electron chi connectivity index (χ0n) is 18.0. The Morgan fingerprint density at radius 1 is 0.645 bits per heavy atom. The number of hydrogen-bond donors (Lipinski definition) is 0. The lowest BCUT2D eigenvalue weighted by Gasteiger charge is -2.13. The molecule has 0 unspecified atom stereocenters. The molecule has 0 aromatic heterocycles. The summed E-state index contributed by atoms with van der Waals surface area (Å²) in [6, 6.07) is 15.4. The van der Waals surface area contributed by atoms with Crippen molar-refractivity contribution in [2.75, 3.05) is 6.61 Å². The van der Waals surface area contributed by atoms with Crippen LogP contribution in [-0.2, 0) is 0 Å².